The van der Waals surface area contributed by atoms with E-state index in [0.29, 0.717) is 0 Å². The summed E-state index contributed by atoms with van der Waals surface area (Å²) < 4.78 is 0.807. The zero-order valence-electron chi connectivity index (χ0n) is 11.0. The van der Waals surface area contributed by atoms with Crippen LogP contribution in [0, 0.1) is 20.8 Å². The zero-order chi connectivity index (χ0) is 13.3. The average Bonchev–Trinajstić information content (AvgIpc) is 2.26. The lowest BCUT2D eigenvalue weighted by Gasteiger charge is -2.21. The highest BCUT2D eigenvalue weighted by Crippen LogP contribution is 2.27. The van der Waals surface area contributed by atoms with E-state index in [4.69, 9.17) is 0 Å². The Morgan fingerprint density at radius 3 is 2.39 bits per heavy atom. The highest BCUT2D eigenvalue weighted by atomic mass is 79.9. The number of rotatable bonds is 2. The van der Waals surface area contributed by atoms with Crippen LogP contribution in [-0.2, 0) is 0 Å². The van der Waals surface area contributed by atoms with Crippen molar-refractivity contribution in [1.29, 1.82) is 0 Å². The Bertz CT molecular complexity index is 561. The molecule has 0 bridgehead atoms. The van der Waals surface area contributed by atoms with Crippen LogP contribution >= 0.6 is 15.9 Å². The summed E-state index contributed by atoms with van der Waals surface area (Å²) in [5.74, 6) is 1.65. The van der Waals surface area contributed by atoms with E-state index in [0.717, 1.165) is 21.9 Å². The van der Waals surface area contributed by atoms with Gasteiger partial charge in [0.1, 0.15) is 16.2 Å². The molecule has 0 aliphatic rings. The number of aromatic nitrogens is 2. The summed E-state index contributed by atoms with van der Waals surface area (Å²) in [6, 6.07) is 8.33. The molecule has 0 N–H and O–H groups in total. The van der Waals surface area contributed by atoms with Gasteiger partial charge in [0.25, 0.3) is 0 Å². The number of nitrogens with zero attached hydrogens (tertiary/aromatic N) is 3. The minimum absolute atomic E-state index is 0.760. The van der Waals surface area contributed by atoms with Crippen LogP contribution in [0.3, 0.4) is 0 Å². The summed E-state index contributed by atoms with van der Waals surface area (Å²) in [4.78, 5) is 10.8. The Hall–Kier alpha value is -1.42. The highest BCUT2D eigenvalue weighted by molar-refractivity contribution is 9.10. The van der Waals surface area contributed by atoms with E-state index in [1.54, 1.807) is 0 Å². The second kappa shape index (κ2) is 5.06. The fraction of sp³-hybridized carbons (Fsp3) is 0.286. The molecule has 0 saturated heterocycles. The van der Waals surface area contributed by atoms with Crippen molar-refractivity contribution in [2.24, 2.45) is 0 Å². The summed E-state index contributed by atoms with van der Waals surface area (Å²) in [6.07, 6.45) is 0. The van der Waals surface area contributed by atoms with E-state index in [1.165, 1.54) is 11.1 Å². The topological polar surface area (TPSA) is 29.0 Å². The van der Waals surface area contributed by atoms with Crippen molar-refractivity contribution in [2.75, 3.05) is 11.9 Å². The van der Waals surface area contributed by atoms with Gasteiger partial charge in [-0.15, -0.1) is 0 Å². The monoisotopic (exact) mass is 305 g/mol. The third-order valence-electron chi connectivity index (χ3n) is 2.85. The molecule has 0 aliphatic carbocycles. The molecule has 0 saturated carbocycles. The first kappa shape index (κ1) is 13.0. The molecule has 0 aliphatic heterocycles. The molecule has 4 heteroatoms. The van der Waals surface area contributed by atoms with Crippen molar-refractivity contribution >= 4 is 27.4 Å². The van der Waals surface area contributed by atoms with Gasteiger partial charge in [0.15, 0.2) is 0 Å². The van der Waals surface area contributed by atoms with Crippen molar-refractivity contribution in [3.63, 3.8) is 0 Å². The normalized spacial score (nSPS) is 10.5. The van der Waals surface area contributed by atoms with Crippen molar-refractivity contribution in [2.45, 2.75) is 20.8 Å². The van der Waals surface area contributed by atoms with Crippen LogP contribution in [0.1, 0.15) is 17.0 Å². The number of hydrogen-bond donors (Lipinski definition) is 0. The first-order chi connectivity index (χ1) is 8.47. The molecule has 0 spiro atoms. The first-order valence-corrected chi connectivity index (χ1v) is 6.59. The van der Waals surface area contributed by atoms with Crippen LogP contribution in [0.2, 0.25) is 0 Å². The van der Waals surface area contributed by atoms with Gasteiger partial charge in [-0.25, -0.2) is 9.97 Å². The van der Waals surface area contributed by atoms with Gasteiger partial charge >= 0.3 is 0 Å². The molecule has 3 nitrogen and oxygen atoms in total. The average molecular weight is 306 g/mol. The molecule has 94 valence electrons. The molecule has 18 heavy (non-hydrogen) atoms. The number of halogens is 1. The van der Waals surface area contributed by atoms with Crippen LogP contribution in [-0.4, -0.2) is 17.0 Å². The van der Waals surface area contributed by atoms with E-state index < -0.39 is 0 Å². The van der Waals surface area contributed by atoms with Gasteiger partial charge in [-0.05, 0) is 48.3 Å². The Kier molecular flexibility index (Phi) is 3.66. The minimum atomic E-state index is 0.760. The van der Waals surface area contributed by atoms with Gasteiger partial charge in [-0.2, -0.15) is 0 Å². The van der Waals surface area contributed by atoms with E-state index in [9.17, 15) is 0 Å². The highest BCUT2D eigenvalue weighted by Gasteiger charge is 2.10. The van der Waals surface area contributed by atoms with Crippen LogP contribution < -0.4 is 4.90 Å². The van der Waals surface area contributed by atoms with Crippen molar-refractivity contribution in [3.8, 4) is 0 Å². The minimum Gasteiger partial charge on any atom is -0.329 e. The predicted molar refractivity (Wildman–Crippen MR) is 78.4 cm³/mol. The van der Waals surface area contributed by atoms with Crippen molar-refractivity contribution in [1.82, 2.24) is 9.97 Å². The summed E-state index contributed by atoms with van der Waals surface area (Å²) in [6.45, 7) is 6.11. The third kappa shape index (κ3) is 2.70. The Balaban J connectivity index is 2.44. The summed E-state index contributed by atoms with van der Waals surface area (Å²) in [5, 5.41) is 0. The Labute approximate surface area is 116 Å². The van der Waals surface area contributed by atoms with Crippen molar-refractivity contribution in [3.05, 3.63) is 45.8 Å². The fourth-order valence-electron chi connectivity index (χ4n) is 1.99. The van der Waals surface area contributed by atoms with Gasteiger partial charge in [-0.1, -0.05) is 17.7 Å². The summed E-state index contributed by atoms with van der Waals surface area (Å²) in [5.41, 5.74) is 3.67. The number of hydrogen-bond acceptors (Lipinski definition) is 3. The quantitative estimate of drug-likeness (QED) is 0.787. The molecule has 0 atom stereocenters. The Morgan fingerprint density at radius 1 is 1.06 bits per heavy atom. The lowest BCUT2D eigenvalue weighted by atomic mass is 10.1. The number of aryl methyl sites for hydroxylation is 3. The molecular formula is C14H16BrN3. The zero-order valence-corrected chi connectivity index (χ0v) is 12.6. The third-order valence-corrected chi connectivity index (χ3v) is 3.26. The molecule has 0 fully saturated rings. The second-order valence-electron chi connectivity index (χ2n) is 4.45. The molecule has 0 amide bonds. The molecule has 1 heterocycles. The molecule has 2 aromatic rings. The van der Waals surface area contributed by atoms with Gasteiger partial charge in [0.05, 0.1) is 0 Å². The van der Waals surface area contributed by atoms with E-state index in [-0.39, 0.29) is 0 Å². The number of anilines is 2. The lowest BCUT2D eigenvalue weighted by Crippen LogP contribution is -2.13. The number of benzene rings is 1. The van der Waals surface area contributed by atoms with Gasteiger partial charge in [0, 0.05) is 18.8 Å². The molecule has 0 radical (unpaired) electrons. The fourth-order valence-corrected chi connectivity index (χ4v) is 2.45. The van der Waals surface area contributed by atoms with E-state index in [2.05, 4.69) is 62.8 Å². The van der Waals surface area contributed by atoms with Crippen LogP contribution in [0.4, 0.5) is 11.5 Å². The molecule has 1 aromatic carbocycles. The predicted octanol–water partition coefficient (Wildman–Crippen LogP) is 3.93. The second-order valence-corrected chi connectivity index (χ2v) is 5.26. The molecular weight excluding hydrogens is 290 g/mol. The standard InChI is InChI=1S/C14H16BrN3/c1-9-5-6-12(10(2)7-9)18(4)14-8-13(15)16-11(3)17-14/h5-8H,1-4H3. The lowest BCUT2D eigenvalue weighted by molar-refractivity contribution is 0.994. The maximum atomic E-state index is 4.46. The molecule has 0 unspecified atom stereocenters. The van der Waals surface area contributed by atoms with Gasteiger partial charge in [-0.3, -0.25) is 0 Å². The maximum absolute atomic E-state index is 4.46. The van der Waals surface area contributed by atoms with Gasteiger partial charge in [0.2, 0.25) is 0 Å². The SMILES string of the molecule is Cc1ccc(N(C)c2cc(Br)nc(C)n2)c(C)c1. The maximum Gasteiger partial charge on any atom is 0.137 e. The van der Waals surface area contributed by atoms with Crippen LogP contribution in [0.5, 0.6) is 0 Å². The molecule has 2 rings (SSSR count). The van der Waals surface area contributed by atoms with Crippen molar-refractivity contribution < 1.29 is 0 Å². The first-order valence-electron chi connectivity index (χ1n) is 5.79. The van der Waals surface area contributed by atoms with Crippen LogP contribution in [0.15, 0.2) is 28.9 Å². The van der Waals surface area contributed by atoms with Crippen LogP contribution in [0.25, 0.3) is 0 Å². The summed E-state index contributed by atoms with van der Waals surface area (Å²) >= 11 is 3.41. The smallest absolute Gasteiger partial charge is 0.137 e. The van der Waals surface area contributed by atoms with Gasteiger partial charge < -0.3 is 4.90 Å². The largest absolute Gasteiger partial charge is 0.329 e. The van der Waals surface area contributed by atoms with E-state index >= 15 is 0 Å². The Morgan fingerprint density at radius 2 is 1.78 bits per heavy atom. The summed E-state index contributed by atoms with van der Waals surface area (Å²) in [7, 11) is 2.02. The van der Waals surface area contributed by atoms with E-state index in [1.807, 2.05) is 20.0 Å². The molecule has 1 aromatic heterocycles.